The van der Waals surface area contributed by atoms with E-state index in [-0.39, 0.29) is 18.2 Å². The van der Waals surface area contributed by atoms with Crippen LogP contribution in [0.15, 0.2) is 42.6 Å². The Balaban J connectivity index is 1.76. The van der Waals surface area contributed by atoms with Gasteiger partial charge in [0.1, 0.15) is 17.8 Å². The van der Waals surface area contributed by atoms with Crippen molar-refractivity contribution in [2.24, 2.45) is 0 Å². The average Bonchev–Trinajstić information content (AvgIpc) is 2.98. The fourth-order valence-corrected chi connectivity index (χ4v) is 3.19. The number of likely N-dealkylation sites (tertiary alicyclic amines) is 1. The van der Waals surface area contributed by atoms with Crippen LogP contribution >= 0.6 is 0 Å². The third kappa shape index (κ3) is 3.51. The summed E-state index contributed by atoms with van der Waals surface area (Å²) in [7, 11) is 1.24. The highest BCUT2D eigenvalue weighted by Gasteiger charge is 2.57. The highest BCUT2D eigenvalue weighted by Crippen LogP contribution is 2.36. The average molecular weight is 361 g/mol. The first-order chi connectivity index (χ1) is 12.3. The summed E-state index contributed by atoms with van der Waals surface area (Å²) in [4.78, 5) is 25.7. The zero-order chi connectivity index (χ0) is 18.9. The normalized spacial score (nSPS) is 27.1. The van der Waals surface area contributed by atoms with Gasteiger partial charge in [0.05, 0.1) is 20.3 Å². The Morgan fingerprint density at radius 2 is 2.04 bits per heavy atom. The molecule has 0 aromatic heterocycles. The Labute approximate surface area is 152 Å². The molecule has 2 saturated heterocycles. The van der Waals surface area contributed by atoms with E-state index < -0.39 is 30.0 Å². The van der Waals surface area contributed by atoms with Gasteiger partial charge in [0.15, 0.2) is 11.9 Å². The van der Waals surface area contributed by atoms with Crippen molar-refractivity contribution in [1.82, 2.24) is 4.90 Å². The van der Waals surface area contributed by atoms with Crippen molar-refractivity contribution in [3.63, 3.8) is 0 Å². The van der Waals surface area contributed by atoms with Crippen molar-refractivity contribution in [2.45, 2.75) is 44.5 Å². The number of ether oxygens (including phenoxy) is 4. The minimum atomic E-state index is -0.758. The van der Waals surface area contributed by atoms with Gasteiger partial charge in [-0.05, 0) is 19.4 Å². The molecular weight excluding hydrogens is 338 g/mol. The molecule has 2 aliphatic heterocycles. The molecule has 1 aromatic carbocycles. The summed E-state index contributed by atoms with van der Waals surface area (Å²) < 4.78 is 22.0. The van der Waals surface area contributed by atoms with Crippen LogP contribution in [0.3, 0.4) is 0 Å². The van der Waals surface area contributed by atoms with Crippen molar-refractivity contribution in [2.75, 3.05) is 13.7 Å². The van der Waals surface area contributed by atoms with E-state index in [4.69, 9.17) is 14.2 Å². The second-order valence-electron chi connectivity index (χ2n) is 6.72. The van der Waals surface area contributed by atoms with Crippen LogP contribution in [0, 0.1) is 0 Å². The molecule has 140 valence electrons. The number of methoxy groups -OCH3 is 1. The summed E-state index contributed by atoms with van der Waals surface area (Å²) in [5.41, 5.74) is 0.920. The molecule has 1 aromatic rings. The van der Waals surface area contributed by atoms with Crippen molar-refractivity contribution in [3.05, 3.63) is 48.2 Å². The van der Waals surface area contributed by atoms with E-state index >= 15 is 0 Å². The summed E-state index contributed by atoms with van der Waals surface area (Å²) in [6, 6.07) is 9.05. The molecule has 3 rings (SSSR count). The highest BCUT2D eigenvalue weighted by molar-refractivity contribution is 5.99. The van der Waals surface area contributed by atoms with Crippen LogP contribution in [-0.2, 0) is 35.1 Å². The summed E-state index contributed by atoms with van der Waals surface area (Å²) in [6.45, 7) is 7.86. The van der Waals surface area contributed by atoms with E-state index in [9.17, 15) is 9.59 Å². The Hall–Kier alpha value is -2.22. The molecule has 1 amide bonds. The van der Waals surface area contributed by atoms with Crippen LogP contribution in [0.4, 0.5) is 0 Å². The number of hydrogen-bond donors (Lipinski definition) is 0. The van der Waals surface area contributed by atoms with E-state index in [0.29, 0.717) is 6.61 Å². The second kappa shape index (κ2) is 7.19. The molecule has 7 heteroatoms. The van der Waals surface area contributed by atoms with Crippen molar-refractivity contribution >= 4 is 11.9 Å². The van der Waals surface area contributed by atoms with E-state index in [2.05, 4.69) is 11.3 Å². The van der Waals surface area contributed by atoms with E-state index in [1.165, 1.54) is 12.0 Å². The molecule has 3 atom stereocenters. The number of hydrogen-bond acceptors (Lipinski definition) is 6. The molecule has 0 saturated carbocycles. The van der Waals surface area contributed by atoms with Gasteiger partial charge in [-0.15, -0.1) is 0 Å². The lowest BCUT2D eigenvalue weighted by Crippen LogP contribution is -2.70. The van der Waals surface area contributed by atoms with Crippen LogP contribution in [-0.4, -0.2) is 54.5 Å². The first kappa shape index (κ1) is 18.6. The van der Waals surface area contributed by atoms with Crippen LogP contribution in [0.25, 0.3) is 0 Å². The first-order valence-electron chi connectivity index (χ1n) is 8.41. The largest absolute Gasteiger partial charge is 0.464 e. The monoisotopic (exact) mass is 361 g/mol. The predicted octanol–water partition coefficient (Wildman–Crippen LogP) is 1.62. The van der Waals surface area contributed by atoms with Gasteiger partial charge in [0.2, 0.25) is 0 Å². The number of nitrogens with zero attached hydrogens (tertiary/aromatic N) is 1. The molecule has 2 aliphatic rings. The number of benzene rings is 1. The number of carbonyl (C=O) groups is 2. The lowest BCUT2D eigenvalue weighted by atomic mass is 9.91. The topological polar surface area (TPSA) is 74.3 Å². The number of β-lactam (4-membered cyclic amide) rings is 1. The molecular formula is C19H23NO6. The van der Waals surface area contributed by atoms with Gasteiger partial charge < -0.3 is 18.9 Å². The number of amides is 1. The van der Waals surface area contributed by atoms with Gasteiger partial charge in [-0.2, -0.15) is 0 Å². The summed E-state index contributed by atoms with van der Waals surface area (Å²) >= 11 is 0. The van der Waals surface area contributed by atoms with E-state index in [1.54, 1.807) is 13.8 Å². The summed E-state index contributed by atoms with van der Waals surface area (Å²) in [5, 5.41) is 0. The number of rotatable bonds is 6. The molecule has 2 heterocycles. The maximum Gasteiger partial charge on any atom is 0.354 e. The highest BCUT2D eigenvalue weighted by atomic mass is 16.7. The fourth-order valence-electron chi connectivity index (χ4n) is 3.19. The molecule has 7 nitrogen and oxygen atoms in total. The van der Waals surface area contributed by atoms with Gasteiger partial charge in [-0.1, -0.05) is 36.9 Å². The third-order valence-corrected chi connectivity index (χ3v) is 4.48. The number of carbonyl (C=O) groups excluding carboxylic acids is 2. The molecule has 0 N–H and O–H groups in total. The van der Waals surface area contributed by atoms with Gasteiger partial charge in [-0.25, -0.2) is 4.79 Å². The number of esters is 1. The molecule has 0 radical (unpaired) electrons. The lowest BCUT2D eigenvalue weighted by molar-refractivity contribution is -0.194. The van der Waals surface area contributed by atoms with Crippen molar-refractivity contribution < 1.29 is 28.5 Å². The maximum absolute atomic E-state index is 12.6. The van der Waals surface area contributed by atoms with Crippen LogP contribution in [0.5, 0.6) is 0 Å². The Morgan fingerprint density at radius 3 is 2.62 bits per heavy atom. The van der Waals surface area contributed by atoms with Gasteiger partial charge in [-0.3, -0.25) is 9.69 Å². The zero-order valence-electron chi connectivity index (χ0n) is 15.1. The summed E-state index contributed by atoms with van der Waals surface area (Å²) in [5.74, 6) is -1.76. The molecule has 2 fully saturated rings. The lowest BCUT2D eigenvalue weighted by Gasteiger charge is -2.48. The summed E-state index contributed by atoms with van der Waals surface area (Å²) in [6.07, 6.45) is -1.16. The Morgan fingerprint density at radius 1 is 1.35 bits per heavy atom. The van der Waals surface area contributed by atoms with E-state index in [0.717, 1.165) is 5.56 Å². The van der Waals surface area contributed by atoms with Gasteiger partial charge >= 0.3 is 5.97 Å². The second-order valence-corrected chi connectivity index (χ2v) is 6.72. The minimum Gasteiger partial charge on any atom is -0.464 e. The van der Waals surface area contributed by atoms with Crippen LogP contribution < -0.4 is 0 Å². The zero-order valence-corrected chi connectivity index (χ0v) is 15.1. The van der Waals surface area contributed by atoms with E-state index in [1.807, 2.05) is 30.3 Å². The first-order valence-corrected chi connectivity index (χ1v) is 8.41. The minimum absolute atomic E-state index is 0.0321. The fraction of sp³-hybridized carbons (Fsp3) is 0.474. The maximum atomic E-state index is 12.6. The standard InChI is InChI=1S/C19H23NO6/c1-12(18(22)23-4)20-15(14-11-25-19(2,3)26-14)16(17(20)21)24-10-13-8-6-5-7-9-13/h5-9,14-16H,1,10-11H2,2-4H3/t14-,15?,16?/m1/s1. The predicted molar refractivity (Wildman–Crippen MR) is 91.7 cm³/mol. The quantitative estimate of drug-likeness (QED) is 0.435. The van der Waals surface area contributed by atoms with Crippen LogP contribution in [0.2, 0.25) is 0 Å². The third-order valence-electron chi connectivity index (χ3n) is 4.48. The molecule has 0 bridgehead atoms. The van der Waals surface area contributed by atoms with Crippen LogP contribution in [0.1, 0.15) is 19.4 Å². The molecule has 26 heavy (non-hydrogen) atoms. The molecule has 0 spiro atoms. The van der Waals surface area contributed by atoms with Gasteiger partial charge in [0, 0.05) is 0 Å². The Bertz CT molecular complexity index is 701. The van der Waals surface area contributed by atoms with Crippen molar-refractivity contribution in [3.8, 4) is 0 Å². The molecule has 2 unspecified atom stereocenters. The Kier molecular flexibility index (Phi) is 5.13. The van der Waals surface area contributed by atoms with Crippen molar-refractivity contribution in [1.29, 1.82) is 0 Å². The SMILES string of the molecule is C=C(C(=O)OC)N1C(=O)C(OCc2ccccc2)C1[C@H]1COC(C)(C)O1. The van der Waals surface area contributed by atoms with Gasteiger partial charge in [0.25, 0.3) is 5.91 Å². The molecule has 0 aliphatic carbocycles. The smallest absolute Gasteiger partial charge is 0.354 e.